The van der Waals surface area contributed by atoms with Crippen LogP contribution in [0.5, 0.6) is 0 Å². The largest absolute Gasteiger partial charge is 0.395 e. The van der Waals surface area contributed by atoms with Gasteiger partial charge in [0.15, 0.2) is 0 Å². The molecular weight excluding hydrogens is 202 g/mol. The summed E-state index contributed by atoms with van der Waals surface area (Å²) in [6.07, 6.45) is 1.58. The van der Waals surface area contributed by atoms with Gasteiger partial charge in [-0.05, 0) is 49.9 Å². The van der Waals surface area contributed by atoms with Crippen LogP contribution < -0.4 is 5.32 Å². The Kier molecular flexibility index (Phi) is 2.72. The van der Waals surface area contributed by atoms with Crippen molar-refractivity contribution in [2.75, 3.05) is 11.9 Å². The highest BCUT2D eigenvalue weighted by Gasteiger charge is 2.49. The SMILES string of the molecule is Cc1ccc(NC(=O)C2(CO)CC2)cc1C. The molecule has 0 aliphatic heterocycles. The summed E-state index contributed by atoms with van der Waals surface area (Å²) in [6, 6.07) is 5.85. The second kappa shape index (κ2) is 3.91. The van der Waals surface area contributed by atoms with E-state index < -0.39 is 5.41 Å². The Morgan fingerprint density at radius 2 is 2.06 bits per heavy atom. The van der Waals surface area contributed by atoms with Crippen molar-refractivity contribution in [2.45, 2.75) is 26.7 Å². The Hall–Kier alpha value is -1.35. The molecule has 1 saturated carbocycles. The van der Waals surface area contributed by atoms with Crippen molar-refractivity contribution in [1.29, 1.82) is 0 Å². The van der Waals surface area contributed by atoms with Crippen molar-refractivity contribution in [2.24, 2.45) is 5.41 Å². The zero-order valence-electron chi connectivity index (χ0n) is 9.71. The van der Waals surface area contributed by atoms with Crippen LogP contribution in [0.1, 0.15) is 24.0 Å². The third kappa shape index (κ3) is 1.95. The molecule has 1 aliphatic carbocycles. The molecule has 0 bridgehead atoms. The number of aliphatic hydroxyl groups is 1. The van der Waals surface area contributed by atoms with E-state index in [1.54, 1.807) is 0 Å². The minimum atomic E-state index is -0.501. The Balaban J connectivity index is 2.09. The molecule has 3 nitrogen and oxygen atoms in total. The molecule has 2 rings (SSSR count). The predicted molar refractivity (Wildman–Crippen MR) is 63.3 cm³/mol. The monoisotopic (exact) mass is 219 g/mol. The van der Waals surface area contributed by atoms with Gasteiger partial charge in [0.25, 0.3) is 0 Å². The molecular formula is C13H17NO2. The molecule has 0 aromatic heterocycles. The number of aryl methyl sites for hydroxylation is 2. The van der Waals surface area contributed by atoms with Gasteiger partial charge in [0.2, 0.25) is 5.91 Å². The number of benzene rings is 1. The predicted octanol–water partition coefficient (Wildman–Crippen LogP) is 2.01. The molecule has 1 aromatic rings. The number of aliphatic hydroxyl groups excluding tert-OH is 1. The lowest BCUT2D eigenvalue weighted by molar-refractivity contribution is -0.122. The van der Waals surface area contributed by atoms with Crippen LogP contribution in [0.3, 0.4) is 0 Å². The maximum atomic E-state index is 11.9. The van der Waals surface area contributed by atoms with E-state index in [9.17, 15) is 4.79 Å². The van der Waals surface area contributed by atoms with E-state index in [0.717, 1.165) is 24.1 Å². The first-order valence-electron chi connectivity index (χ1n) is 5.57. The molecule has 16 heavy (non-hydrogen) atoms. The fraction of sp³-hybridized carbons (Fsp3) is 0.462. The van der Waals surface area contributed by atoms with E-state index >= 15 is 0 Å². The van der Waals surface area contributed by atoms with Crippen molar-refractivity contribution in [3.05, 3.63) is 29.3 Å². The van der Waals surface area contributed by atoms with Gasteiger partial charge in [0.05, 0.1) is 12.0 Å². The van der Waals surface area contributed by atoms with E-state index in [0.29, 0.717) is 0 Å². The normalized spacial score (nSPS) is 16.9. The van der Waals surface area contributed by atoms with Gasteiger partial charge in [-0.2, -0.15) is 0 Å². The van der Waals surface area contributed by atoms with Gasteiger partial charge >= 0.3 is 0 Å². The molecule has 1 aliphatic rings. The van der Waals surface area contributed by atoms with Crippen LogP contribution in [0.25, 0.3) is 0 Å². The lowest BCUT2D eigenvalue weighted by Gasteiger charge is -2.13. The van der Waals surface area contributed by atoms with Crippen LogP contribution in [0.4, 0.5) is 5.69 Å². The molecule has 0 atom stereocenters. The fourth-order valence-corrected chi connectivity index (χ4v) is 1.69. The lowest BCUT2D eigenvalue weighted by atomic mass is 10.1. The number of nitrogens with one attached hydrogen (secondary N) is 1. The van der Waals surface area contributed by atoms with Gasteiger partial charge in [0, 0.05) is 5.69 Å². The average molecular weight is 219 g/mol. The van der Waals surface area contributed by atoms with Crippen LogP contribution in [0, 0.1) is 19.3 Å². The topological polar surface area (TPSA) is 49.3 Å². The fourth-order valence-electron chi connectivity index (χ4n) is 1.69. The molecule has 1 fully saturated rings. The average Bonchev–Trinajstić information content (AvgIpc) is 3.04. The van der Waals surface area contributed by atoms with Gasteiger partial charge < -0.3 is 10.4 Å². The molecule has 3 heteroatoms. The summed E-state index contributed by atoms with van der Waals surface area (Å²) in [7, 11) is 0. The van der Waals surface area contributed by atoms with Crippen molar-refractivity contribution in [3.8, 4) is 0 Å². The standard InChI is InChI=1S/C13H17NO2/c1-9-3-4-11(7-10(9)2)14-12(16)13(8-15)5-6-13/h3-4,7,15H,5-6,8H2,1-2H3,(H,14,16). The maximum Gasteiger partial charge on any atom is 0.232 e. The smallest absolute Gasteiger partial charge is 0.232 e. The van der Waals surface area contributed by atoms with Gasteiger partial charge in [-0.15, -0.1) is 0 Å². The van der Waals surface area contributed by atoms with Crippen molar-refractivity contribution < 1.29 is 9.90 Å². The Labute approximate surface area is 95.5 Å². The van der Waals surface area contributed by atoms with Gasteiger partial charge in [-0.1, -0.05) is 6.07 Å². The van der Waals surface area contributed by atoms with Crippen LogP contribution in [-0.2, 0) is 4.79 Å². The first-order valence-corrected chi connectivity index (χ1v) is 5.57. The molecule has 0 spiro atoms. The first-order chi connectivity index (χ1) is 7.57. The second-order valence-corrected chi connectivity index (χ2v) is 4.69. The minimum absolute atomic E-state index is 0.0519. The van der Waals surface area contributed by atoms with Crippen LogP contribution in [0.2, 0.25) is 0 Å². The maximum absolute atomic E-state index is 11.9. The summed E-state index contributed by atoms with van der Waals surface area (Å²) in [6.45, 7) is 4.00. The Morgan fingerprint density at radius 3 is 2.56 bits per heavy atom. The van der Waals surface area contributed by atoms with Gasteiger partial charge in [0.1, 0.15) is 0 Å². The lowest BCUT2D eigenvalue weighted by Crippen LogP contribution is -2.27. The van der Waals surface area contributed by atoms with E-state index in [1.807, 2.05) is 32.0 Å². The number of hydrogen-bond acceptors (Lipinski definition) is 2. The molecule has 0 heterocycles. The second-order valence-electron chi connectivity index (χ2n) is 4.69. The number of rotatable bonds is 3. The third-order valence-corrected chi connectivity index (χ3v) is 3.40. The van der Waals surface area contributed by atoms with Crippen LogP contribution in [0.15, 0.2) is 18.2 Å². The Bertz CT molecular complexity index is 422. The zero-order chi connectivity index (χ0) is 11.8. The first kappa shape index (κ1) is 11.1. The summed E-state index contributed by atoms with van der Waals surface area (Å²) in [5.74, 6) is -0.0572. The number of carbonyl (C=O) groups is 1. The summed E-state index contributed by atoms with van der Waals surface area (Å²) in [5, 5.41) is 12.0. The summed E-state index contributed by atoms with van der Waals surface area (Å²) >= 11 is 0. The van der Waals surface area contributed by atoms with E-state index in [-0.39, 0.29) is 12.5 Å². The Morgan fingerprint density at radius 1 is 1.38 bits per heavy atom. The number of carbonyl (C=O) groups excluding carboxylic acids is 1. The highest BCUT2D eigenvalue weighted by Crippen LogP contribution is 2.45. The highest BCUT2D eigenvalue weighted by molar-refractivity contribution is 5.97. The highest BCUT2D eigenvalue weighted by atomic mass is 16.3. The van der Waals surface area contributed by atoms with E-state index in [2.05, 4.69) is 5.32 Å². The van der Waals surface area contributed by atoms with Crippen molar-refractivity contribution in [3.63, 3.8) is 0 Å². The molecule has 1 amide bonds. The summed E-state index contributed by atoms with van der Waals surface area (Å²) in [4.78, 5) is 11.9. The minimum Gasteiger partial charge on any atom is -0.395 e. The van der Waals surface area contributed by atoms with Crippen LogP contribution >= 0.6 is 0 Å². The van der Waals surface area contributed by atoms with Gasteiger partial charge in [-0.3, -0.25) is 4.79 Å². The van der Waals surface area contributed by atoms with E-state index in [4.69, 9.17) is 5.11 Å². The number of anilines is 1. The van der Waals surface area contributed by atoms with Crippen molar-refractivity contribution >= 4 is 11.6 Å². The molecule has 0 radical (unpaired) electrons. The quantitative estimate of drug-likeness (QED) is 0.817. The van der Waals surface area contributed by atoms with Crippen LogP contribution in [-0.4, -0.2) is 17.6 Å². The van der Waals surface area contributed by atoms with E-state index in [1.165, 1.54) is 5.56 Å². The van der Waals surface area contributed by atoms with Gasteiger partial charge in [-0.25, -0.2) is 0 Å². The van der Waals surface area contributed by atoms with Crippen molar-refractivity contribution in [1.82, 2.24) is 0 Å². The molecule has 2 N–H and O–H groups in total. The molecule has 86 valence electrons. The molecule has 1 aromatic carbocycles. The summed E-state index contributed by atoms with van der Waals surface area (Å²) in [5.41, 5.74) is 2.68. The zero-order valence-corrected chi connectivity index (χ0v) is 9.71. The summed E-state index contributed by atoms with van der Waals surface area (Å²) < 4.78 is 0. The molecule has 0 saturated heterocycles. The number of amides is 1. The molecule has 0 unspecified atom stereocenters. The third-order valence-electron chi connectivity index (χ3n) is 3.40. The number of hydrogen-bond donors (Lipinski definition) is 2.